The van der Waals surface area contributed by atoms with Crippen molar-refractivity contribution in [3.05, 3.63) is 71.8 Å². The van der Waals surface area contributed by atoms with Gasteiger partial charge in [-0.3, -0.25) is 0 Å². The summed E-state index contributed by atoms with van der Waals surface area (Å²) < 4.78 is 0. The van der Waals surface area contributed by atoms with E-state index in [4.69, 9.17) is 0 Å². The molecule has 2 aromatic rings. The molecule has 114 valence electrons. The maximum Gasteiger partial charge on any atom is 0.0446 e. The van der Waals surface area contributed by atoms with E-state index in [9.17, 15) is 0 Å². The summed E-state index contributed by atoms with van der Waals surface area (Å²) in [5, 5.41) is 0. The highest BCUT2D eigenvalue weighted by atomic mass is 15.1. The number of fused-ring (bicyclic) bond motifs is 2. The molecule has 0 unspecified atom stereocenters. The first-order valence-electron chi connectivity index (χ1n) is 7.99. The first-order valence-corrected chi connectivity index (χ1v) is 7.99. The van der Waals surface area contributed by atoms with Gasteiger partial charge in [-0.25, -0.2) is 0 Å². The van der Waals surface area contributed by atoms with Crippen LogP contribution >= 0.6 is 0 Å². The van der Waals surface area contributed by atoms with Gasteiger partial charge < -0.3 is 9.80 Å². The smallest absolute Gasteiger partial charge is 0.0446 e. The second-order valence-electron chi connectivity index (χ2n) is 6.10. The van der Waals surface area contributed by atoms with Crippen molar-refractivity contribution in [2.75, 3.05) is 32.1 Å². The third kappa shape index (κ3) is 3.23. The monoisotopic (exact) mass is 292 g/mol. The Labute approximate surface area is 133 Å². The Hall–Kier alpha value is -2.06. The second-order valence-corrected chi connectivity index (χ2v) is 6.10. The summed E-state index contributed by atoms with van der Waals surface area (Å²) in [6.07, 6.45) is 6.76. The van der Waals surface area contributed by atoms with Gasteiger partial charge in [0.2, 0.25) is 0 Å². The van der Waals surface area contributed by atoms with Crippen molar-refractivity contribution in [3.63, 3.8) is 0 Å². The summed E-state index contributed by atoms with van der Waals surface area (Å²) in [5.41, 5.74) is 5.59. The third-order valence-electron chi connectivity index (χ3n) is 4.15. The van der Waals surface area contributed by atoms with Crippen molar-refractivity contribution in [1.82, 2.24) is 4.90 Å². The molecule has 0 bridgehead atoms. The van der Waals surface area contributed by atoms with Crippen LogP contribution in [0.4, 0.5) is 11.4 Å². The Morgan fingerprint density at radius 2 is 1.41 bits per heavy atom. The van der Waals surface area contributed by atoms with Crippen LogP contribution in [0, 0.1) is 0 Å². The van der Waals surface area contributed by atoms with E-state index in [-0.39, 0.29) is 0 Å². The van der Waals surface area contributed by atoms with Crippen LogP contribution in [0.25, 0.3) is 0 Å². The number of para-hydroxylation sites is 2. The minimum Gasteiger partial charge on any atom is -0.337 e. The lowest BCUT2D eigenvalue weighted by molar-refractivity contribution is 0.456. The quantitative estimate of drug-likeness (QED) is 0.785. The van der Waals surface area contributed by atoms with Crippen LogP contribution in [0.2, 0.25) is 0 Å². The fourth-order valence-electron chi connectivity index (χ4n) is 3.03. The lowest BCUT2D eigenvalue weighted by Crippen LogP contribution is -2.18. The Kier molecular flexibility index (Phi) is 4.59. The van der Waals surface area contributed by atoms with Crippen LogP contribution in [0.15, 0.2) is 60.7 Å². The molecule has 0 atom stereocenters. The van der Waals surface area contributed by atoms with Gasteiger partial charge in [-0.05, 0) is 50.2 Å². The highest BCUT2D eigenvalue weighted by molar-refractivity contribution is 5.71. The Morgan fingerprint density at radius 1 is 0.864 bits per heavy atom. The van der Waals surface area contributed by atoms with Gasteiger partial charge in [0.15, 0.2) is 0 Å². The van der Waals surface area contributed by atoms with Crippen molar-refractivity contribution >= 4 is 11.4 Å². The van der Waals surface area contributed by atoms with Gasteiger partial charge in [-0.1, -0.05) is 48.6 Å². The van der Waals surface area contributed by atoms with Crippen molar-refractivity contribution < 1.29 is 0 Å². The number of hydrogen-bond acceptors (Lipinski definition) is 2. The zero-order valence-corrected chi connectivity index (χ0v) is 13.5. The second kappa shape index (κ2) is 6.80. The molecule has 0 aromatic heterocycles. The minimum atomic E-state index is 0.919. The van der Waals surface area contributed by atoms with E-state index in [1.54, 1.807) is 0 Å². The SMILES string of the molecule is CN(C)CC=CCN1c2ccccc2CCc2ccccc21. The fourth-order valence-corrected chi connectivity index (χ4v) is 3.03. The maximum atomic E-state index is 2.45. The van der Waals surface area contributed by atoms with E-state index < -0.39 is 0 Å². The molecular weight excluding hydrogens is 268 g/mol. The third-order valence-corrected chi connectivity index (χ3v) is 4.15. The molecule has 0 spiro atoms. The van der Waals surface area contributed by atoms with E-state index in [1.165, 1.54) is 22.5 Å². The van der Waals surface area contributed by atoms with Crippen LogP contribution in [0.1, 0.15) is 11.1 Å². The molecule has 1 aliphatic rings. The lowest BCUT2D eigenvalue weighted by atomic mass is 10.0. The highest BCUT2D eigenvalue weighted by Crippen LogP contribution is 2.35. The van der Waals surface area contributed by atoms with Gasteiger partial charge in [0, 0.05) is 24.5 Å². The fraction of sp³-hybridized carbons (Fsp3) is 0.300. The van der Waals surface area contributed by atoms with Crippen LogP contribution in [-0.2, 0) is 12.8 Å². The molecule has 0 saturated heterocycles. The lowest BCUT2D eigenvalue weighted by Gasteiger charge is -2.25. The first kappa shape index (κ1) is 14.9. The van der Waals surface area contributed by atoms with Crippen LogP contribution in [0.5, 0.6) is 0 Å². The zero-order chi connectivity index (χ0) is 15.4. The molecule has 0 fully saturated rings. The summed E-state index contributed by atoms with van der Waals surface area (Å²) in [7, 11) is 4.20. The molecular formula is C20H24N2. The number of rotatable bonds is 4. The van der Waals surface area contributed by atoms with Crippen molar-refractivity contribution in [2.45, 2.75) is 12.8 Å². The van der Waals surface area contributed by atoms with E-state index in [2.05, 4.69) is 84.6 Å². The van der Waals surface area contributed by atoms with Gasteiger partial charge in [-0.2, -0.15) is 0 Å². The normalized spacial score (nSPS) is 14.0. The molecule has 3 rings (SSSR count). The number of benzene rings is 2. The Balaban J connectivity index is 1.94. The van der Waals surface area contributed by atoms with Gasteiger partial charge in [0.1, 0.15) is 0 Å². The number of aryl methyl sites for hydroxylation is 2. The predicted octanol–water partition coefficient (Wildman–Crippen LogP) is 4.04. The summed E-state index contributed by atoms with van der Waals surface area (Å²) in [6.45, 7) is 1.90. The van der Waals surface area contributed by atoms with Crippen molar-refractivity contribution in [2.24, 2.45) is 0 Å². The van der Waals surface area contributed by atoms with E-state index in [0.717, 1.165) is 25.9 Å². The number of hydrogen-bond donors (Lipinski definition) is 0. The average Bonchev–Trinajstić information content (AvgIpc) is 2.69. The molecule has 0 aliphatic carbocycles. The summed E-state index contributed by atoms with van der Waals surface area (Å²) >= 11 is 0. The first-order chi connectivity index (χ1) is 10.8. The number of nitrogens with zero attached hydrogens (tertiary/aromatic N) is 2. The molecule has 2 heteroatoms. The van der Waals surface area contributed by atoms with Gasteiger partial charge >= 0.3 is 0 Å². The van der Waals surface area contributed by atoms with E-state index in [1.807, 2.05) is 0 Å². The van der Waals surface area contributed by atoms with E-state index in [0.29, 0.717) is 0 Å². The van der Waals surface area contributed by atoms with Gasteiger partial charge in [-0.15, -0.1) is 0 Å². The topological polar surface area (TPSA) is 6.48 Å². The van der Waals surface area contributed by atoms with E-state index >= 15 is 0 Å². The highest BCUT2D eigenvalue weighted by Gasteiger charge is 2.18. The molecule has 2 aromatic carbocycles. The molecule has 2 nitrogen and oxygen atoms in total. The summed E-state index contributed by atoms with van der Waals surface area (Å²) in [6, 6.07) is 17.6. The Bertz CT molecular complexity index is 611. The van der Waals surface area contributed by atoms with Crippen molar-refractivity contribution in [1.29, 1.82) is 0 Å². The standard InChI is InChI=1S/C20H24N2/c1-21(2)15-7-8-16-22-19-11-5-3-9-17(19)13-14-18-10-4-6-12-20(18)22/h3-12H,13-16H2,1-2H3. The summed E-state index contributed by atoms with van der Waals surface area (Å²) in [4.78, 5) is 4.63. The zero-order valence-electron chi connectivity index (χ0n) is 13.5. The molecule has 0 amide bonds. The Morgan fingerprint density at radius 3 is 1.95 bits per heavy atom. The van der Waals surface area contributed by atoms with Crippen LogP contribution < -0.4 is 4.90 Å². The molecule has 22 heavy (non-hydrogen) atoms. The van der Waals surface area contributed by atoms with Crippen molar-refractivity contribution in [3.8, 4) is 0 Å². The van der Waals surface area contributed by atoms with Crippen LogP contribution in [0.3, 0.4) is 0 Å². The molecule has 0 saturated carbocycles. The molecule has 1 heterocycles. The molecule has 0 N–H and O–H groups in total. The summed E-state index contributed by atoms with van der Waals surface area (Å²) in [5.74, 6) is 0. The van der Waals surface area contributed by atoms with Gasteiger partial charge in [0.05, 0.1) is 0 Å². The predicted molar refractivity (Wildman–Crippen MR) is 95.0 cm³/mol. The largest absolute Gasteiger partial charge is 0.337 e. The number of likely N-dealkylation sites (N-methyl/N-ethyl adjacent to an activating group) is 1. The molecule has 0 radical (unpaired) electrons. The van der Waals surface area contributed by atoms with Crippen LogP contribution in [-0.4, -0.2) is 32.1 Å². The minimum absolute atomic E-state index is 0.919. The average molecular weight is 292 g/mol. The maximum absolute atomic E-state index is 2.45. The number of anilines is 2. The van der Waals surface area contributed by atoms with Gasteiger partial charge in [0.25, 0.3) is 0 Å². The molecule has 1 aliphatic heterocycles.